The Labute approximate surface area is 381 Å². The van der Waals surface area contributed by atoms with Crippen LogP contribution in [0.15, 0.2) is 0 Å². The first kappa shape index (κ1) is 84.0. The van der Waals surface area contributed by atoms with Crippen molar-refractivity contribution >= 4 is 172 Å². The van der Waals surface area contributed by atoms with Crippen molar-refractivity contribution in [3.05, 3.63) is 0 Å². The van der Waals surface area contributed by atoms with Crippen LogP contribution in [0.4, 0.5) is 0 Å². The summed E-state index contributed by atoms with van der Waals surface area (Å²) in [6.45, 7) is 0. The monoisotopic (exact) mass is 990 g/mol. The summed E-state index contributed by atoms with van der Waals surface area (Å²) in [5, 5.41) is 117. The molecule has 0 amide bonds. The summed E-state index contributed by atoms with van der Waals surface area (Å²) < 4.78 is 102. The first-order valence-corrected chi connectivity index (χ1v) is 15.3. The summed E-state index contributed by atoms with van der Waals surface area (Å²) in [5.41, 5.74) is -8.92. The standard InChI is InChI=1S/3C6H8O7.5Al.3H2O4S/c3*7-3(8)1-6(13,5(11)12)2-4(9)10;;;;;;3*1-5(2,3)4/h3*13H,1-2H2,(H,7,8)(H,9,10)(H,11,12);;;;;;3*(H2,1,2,3,4)/q;;;5*+3;;;/p-15. The second-order valence-corrected chi connectivity index (χ2v) is 10.9. The number of hydrogen-bond acceptors (Lipinski definition) is 33. The van der Waals surface area contributed by atoms with Gasteiger partial charge in [-0.25, -0.2) is 0 Å². The van der Waals surface area contributed by atoms with Gasteiger partial charge < -0.3 is 132 Å². The number of carbonyl (C=O) groups excluding carboxylic acids is 9. The normalized spacial score (nSPS) is 10.1. The maximum atomic E-state index is 10.1. The predicted octanol–water partition coefficient (Wildman–Crippen LogP) is -21.7. The van der Waals surface area contributed by atoms with E-state index in [4.69, 9.17) is 67.9 Å². The van der Waals surface area contributed by atoms with Gasteiger partial charge in [0.1, 0.15) is 16.8 Å². The van der Waals surface area contributed by atoms with E-state index in [1.54, 1.807) is 0 Å². The predicted molar refractivity (Wildman–Crippen MR) is 148 cm³/mol. The Morgan fingerprint density at radius 1 is 0.305 bits per heavy atom. The number of carbonyl (C=O) groups is 9. The number of rotatable bonds is 15. The fourth-order valence-corrected chi connectivity index (χ4v) is 2.05. The molecule has 3 N–H and O–H groups in total. The first-order chi connectivity index (χ1) is 23.3. The zero-order valence-corrected chi connectivity index (χ0v) is 36.2. The molecule has 0 aromatic rings. The molecule has 0 aliphatic carbocycles. The quantitative estimate of drug-likeness (QED) is 0.0779. The average Bonchev–Trinajstić information content (AvgIpc) is 2.78. The fourth-order valence-electron chi connectivity index (χ4n) is 2.05. The maximum Gasteiger partial charge on any atom is 3.00 e. The van der Waals surface area contributed by atoms with Gasteiger partial charge in [-0.3, -0.25) is 25.3 Å². The SMILES string of the molecule is O=C([O-])CC(O)(CC(=O)[O-])C(=O)[O-].O=C([O-])CC(O)(CC(=O)[O-])C(=O)[O-].O=C([O-])CC(O)(CC(=O)[O-])C(=O)[O-].O=S(=O)([O-])[O-].O=S(=O)([O-])[O-].O=S(=O)([O-])[O-].[Al+3].[Al+3].[Al+3].[Al+3].[Al+3]. The van der Waals surface area contributed by atoms with Crippen LogP contribution in [-0.2, 0) is 74.3 Å². The molecule has 33 nitrogen and oxygen atoms in total. The summed E-state index contributed by atoms with van der Waals surface area (Å²) in [6, 6.07) is 0. The third-order valence-corrected chi connectivity index (χ3v) is 3.76. The van der Waals surface area contributed by atoms with Crippen molar-refractivity contribution in [1.29, 1.82) is 0 Å². The van der Waals surface area contributed by atoms with Crippen LogP contribution in [0.3, 0.4) is 0 Å². The molecule has 0 rings (SSSR count). The molecule has 0 saturated carbocycles. The van der Waals surface area contributed by atoms with Gasteiger partial charge in [0.05, 0.1) is 17.9 Å². The van der Waals surface area contributed by atoms with Gasteiger partial charge in [0.2, 0.25) is 0 Å². The number of aliphatic hydroxyl groups is 3. The molecule has 0 unspecified atom stereocenters. The first-order valence-electron chi connectivity index (χ1n) is 11.3. The topological polar surface area (TPSA) is 663 Å². The van der Waals surface area contributed by atoms with E-state index in [2.05, 4.69) is 0 Å². The number of hydrogen-bond donors (Lipinski definition) is 3. The fraction of sp³-hybridized carbons (Fsp3) is 0.500. The van der Waals surface area contributed by atoms with E-state index in [1.807, 2.05) is 0 Å². The van der Waals surface area contributed by atoms with Crippen LogP contribution in [-0.4, -0.2) is 225 Å². The van der Waals surface area contributed by atoms with Crippen molar-refractivity contribution in [1.82, 2.24) is 0 Å². The molecule has 0 aromatic carbocycles. The van der Waals surface area contributed by atoms with E-state index >= 15 is 0 Å². The molecule has 0 aliphatic rings. The van der Waals surface area contributed by atoms with E-state index in [0.29, 0.717) is 0 Å². The van der Waals surface area contributed by atoms with E-state index in [9.17, 15) is 89.1 Å². The Morgan fingerprint density at radius 2 is 0.373 bits per heavy atom. The van der Waals surface area contributed by atoms with Gasteiger partial charge in [-0.1, -0.05) is 0 Å². The third kappa shape index (κ3) is 76.6. The Hall–Kier alpha value is -2.62. The van der Waals surface area contributed by atoms with Crippen molar-refractivity contribution in [3.63, 3.8) is 0 Å². The van der Waals surface area contributed by atoms with Crippen LogP contribution in [0, 0.1) is 0 Å². The van der Waals surface area contributed by atoms with Gasteiger partial charge in [-0.2, -0.15) is 0 Å². The summed E-state index contributed by atoms with van der Waals surface area (Å²) >= 11 is 0. The molecule has 0 spiro atoms. The van der Waals surface area contributed by atoms with Crippen molar-refractivity contribution in [2.75, 3.05) is 0 Å². The molecule has 59 heavy (non-hydrogen) atoms. The Bertz CT molecular complexity index is 1410. The molecular weight excluding hydrogens is 975 g/mol. The second-order valence-electron chi connectivity index (χ2n) is 8.47. The molecule has 0 saturated heterocycles. The molecule has 0 bridgehead atoms. The Balaban J connectivity index is -0.0000000536. The summed E-state index contributed by atoms with van der Waals surface area (Å²) in [7, 11) is -15.5. The van der Waals surface area contributed by atoms with Crippen LogP contribution >= 0.6 is 0 Å². The molecule has 0 heterocycles. The van der Waals surface area contributed by atoms with Gasteiger partial charge in [0, 0.05) is 106 Å². The van der Waals surface area contributed by atoms with E-state index in [0.717, 1.165) is 0 Å². The molecular formula is C18H15Al5O33S3. The third-order valence-electron chi connectivity index (χ3n) is 3.76. The van der Waals surface area contributed by atoms with E-state index in [1.165, 1.54) is 0 Å². The minimum Gasteiger partial charge on any atom is -0.759 e. The maximum absolute atomic E-state index is 10.1. The number of carboxylic acids is 9. The molecule has 41 heteroatoms. The van der Waals surface area contributed by atoms with Crippen LogP contribution < -0.4 is 46.0 Å². The van der Waals surface area contributed by atoms with Crippen LogP contribution in [0.25, 0.3) is 0 Å². The Morgan fingerprint density at radius 3 is 0.407 bits per heavy atom. The van der Waals surface area contributed by atoms with Gasteiger partial charge in [-0.15, -0.1) is 0 Å². The van der Waals surface area contributed by atoms with E-state index in [-0.39, 0.29) is 86.8 Å². The smallest absolute Gasteiger partial charge is 0.759 e. The second kappa shape index (κ2) is 37.2. The molecule has 0 aliphatic heterocycles. The van der Waals surface area contributed by atoms with Crippen LogP contribution in [0.5, 0.6) is 0 Å². The molecule has 0 aromatic heterocycles. The van der Waals surface area contributed by atoms with Crippen molar-refractivity contribution in [2.45, 2.75) is 55.3 Å². The van der Waals surface area contributed by atoms with Gasteiger partial charge in [0.15, 0.2) is 0 Å². The summed E-state index contributed by atoms with van der Waals surface area (Å²) in [5.74, 6) is -18.0. The van der Waals surface area contributed by atoms with Gasteiger partial charge >= 0.3 is 86.8 Å². The largest absolute Gasteiger partial charge is 3.00 e. The van der Waals surface area contributed by atoms with Gasteiger partial charge in [-0.05, 0) is 0 Å². The number of carboxylic acid groups (broad SMARTS) is 9. The van der Waals surface area contributed by atoms with Crippen LogP contribution in [0.2, 0.25) is 0 Å². The summed E-state index contributed by atoms with van der Waals surface area (Å²) in [4.78, 5) is 90.0. The Kier molecular flexibility index (Phi) is 52.9. The van der Waals surface area contributed by atoms with Crippen molar-refractivity contribution < 1.29 is 157 Å². The zero-order chi connectivity index (χ0) is 45.4. The van der Waals surface area contributed by atoms with E-state index < -0.39 is 140 Å². The molecule has 0 radical (unpaired) electrons. The van der Waals surface area contributed by atoms with Crippen molar-refractivity contribution in [2.24, 2.45) is 0 Å². The summed E-state index contributed by atoms with van der Waals surface area (Å²) in [6.07, 6.45) is -8.15. The van der Waals surface area contributed by atoms with Crippen LogP contribution in [0.1, 0.15) is 38.5 Å². The zero-order valence-electron chi connectivity index (χ0n) is 27.9. The molecule has 0 atom stereocenters. The molecule has 0 fully saturated rings. The number of aliphatic carboxylic acids is 9. The van der Waals surface area contributed by atoms with Gasteiger partial charge in [0.25, 0.3) is 0 Å². The minimum atomic E-state index is -5.17. The molecule has 318 valence electrons. The van der Waals surface area contributed by atoms with Crippen molar-refractivity contribution in [3.8, 4) is 0 Å². The average molecular weight is 990 g/mol. The minimum absolute atomic E-state index is 0.